The molecule has 2 heterocycles. The van der Waals surface area contributed by atoms with Crippen molar-refractivity contribution in [3.63, 3.8) is 0 Å². The first-order valence-corrected chi connectivity index (χ1v) is 12.1. The van der Waals surface area contributed by atoms with E-state index in [2.05, 4.69) is 30.5 Å². The van der Waals surface area contributed by atoms with Gasteiger partial charge in [-0.05, 0) is 49.9 Å². The number of aliphatic hydroxyl groups is 1. The lowest BCUT2D eigenvalue weighted by Crippen LogP contribution is -2.25. The fourth-order valence-electron chi connectivity index (χ4n) is 4.08. The molecule has 8 heteroatoms. The minimum absolute atomic E-state index is 0.0403. The number of aryl methyl sites for hydroxylation is 1. The van der Waals surface area contributed by atoms with Crippen LogP contribution in [0.3, 0.4) is 0 Å². The second kappa shape index (κ2) is 10.9. The van der Waals surface area contributed by atoms with Gasteiger partial charge in [0.25, 0.3) is 0 Å². The van der Waals surface area contributed by atoms with Gasteiger partial charge < -0.3 is 25.2 Å². The predicted octanol–water partition coefficient (Wildman–Crippen LogP) is 4.80. The lowest BCUT2D eigenvalue weighted by molar-refractivity contribution is 0.267. The van der Waals surface area contributed by atoms with Crippen LogP contribution in [0.25, 0.3) is 11.0 Å². The molecule has 0 unspecified atom stereocenters. The number of unbranched alkanes of at least 4 members (excludes halogenated alkanes) is 1. The third-order valence-corrected chi connectivity index (χ3v) is 6.26. The van der Waals surface area contributed by atoms with Crippen molar-refractivity contribution in [3.8, 4) is 11.5 Å². The molecule has 1 aliphatic carbocycles. The zero-order valence-electron chi connectivity index (χ0n) is 20.5. The van der Waals surface area contributed by atoms with E-state index in [0.29, 0.717) is 24.2 Å². The maximum absolute atomic E-state index is 9.95. The number of nitrogens with zero attached hydrogens (tertiary/aromatic N) is 3. The Balaban J connectivity index is 1.67. The van der Waals surface area contributed by atoms with E-state index in [1.807, 2.05) is 18.2 Å². The molecule has 0 radical (unpaired) electrons. The summed E-state index contributed by atoms with van der Waals surface area (Å²) in [6, 6.07) is 7.79. The summed E-state index contributed by atoms with van der Waals surface area (Å²) in [5, 5.41) is 16.7. The fraction of sp³-hybridized carbons (Fsp3) is 0.500. The van der Waals surface area contributed by atoms with Crippen LogP contribution in [0, 0.1) is 6.92 Å². The second-order valence-electron chi connectivity index (χ2n) is 8.93. The minimum atomic E-state index is -0.0840. The second-order valence-corrected chi connectivity index (χ2v) is 8.93. The van der Waals surface area contributed by atoms with Crippen molar-refractivity contribution in [1.82, 2.24) is 15.0 Å². The molecule has 1 aliphatic rings. The fourth-order valence-corrected chi connectivity index (χ4v) is 4.08. The number of benzene rings is 1. The maximum Gasteiger partial charge on any atom is 0.225 e. The highest BCUT2D eigenvalue weighted by molar-refractivity contribution is 5.89. The first kappa shape index (κ1) is 24.0. The number of pyridine rings is 1. The van der Waals surface area contributed by atoms with Crippen LogP contribution in [0.4, 0.5) is 11.8 Å². The molecule has 182 valence electrons. The first-order chi connectivity index (χ1) is 16.6. The Hall–Kier alpha value is -3.13. The van der Waals surface area contributed by atoms with Gasteiger partial charge in [-0.2, -0.15) is 4.98 Å². The van der Waals surface area contributed by atoms with Gasteiger partial charge in [-0.1, -0.05) is 19.8 Å². The van der Waals surface area contributed by atoms with Crippen LogP contribution in [-0.4, -0.2) is 46.9 Å². The van der Waals surface area contributed by atoms with Crippen LogP contribution in [-0.2, 0) is 6.54 Å². The maximum atomic E-state index is 9.95. The molecule has 0 bridgehead atoms. The third-order valence-electron chi connectivity index (χ3n) is 6.26. The van der Waals surface area contributed by atoms with E-state index >= 15 is 0 Å². The van der Waals surface area contributed by atoms with Crippen molar-refractivity contribution >= 4 is 22.8 Å². The smallest absolute Gasteiger partial charge is 0.225 e. The van der Waals surface area contributed by atoms with Gasteiger partial charge in [-0.3, -0.25) is 0 Å². The van der Waals surface area contributed by atoms with Gasteiger partial charge in [0.2, 0.25) is 5.95 Å². The molecule has 34 heavy (non-hydrogen) atoms. The van der Waals surface area contributed by atoms with Crippen LogP contribution in [0.15, 0.2) is 24.3 Å². The molecular weight excluding hydrogens is 430 g/mol. The Bertz CT molecular complexity index is 1130. The number of rotatable bonds is 12. The molecule has 1 saturated carbocycles. The number of aromatic nitrogens is 3. The third kappa shape index (κ3) is 5.50. The van der Waals surface area contributed by atoms with E-state index in [1.165, 1.54) is 12.8 Å². The largest absolute Gasteiger partial charge is 0.497 e. The van der Waals surface area contributed by atoms with Crippen molar-refractivity contribution in [3.05, 3.63) is 41.1 Å². The Morgan fingerprint density at radius 2 is 1.91 bits per heavy atom. The van der Waals surface area contributed by atoms with E-state index in [1.54, 1.807) is 14.2 Å². The normalized spacial score (nSPS) is 14.1. The summed E-state index contributed by atoms with van der Waals surface area (Å²) >= 11 is 0. The van der Waals surface area contributed by atoms with Gasteiger partial charge in [-0.15, -0.1) is 0 Å². The Morgan fingerprint density at radius 3 is 2.59 bits per heavy atom. The number of ether oxygens (including phenoxy) is 2. The topological polar surface area (TPSA) is 101 Å². The van der Waals surface area contributed by atoms with E-state index in [0.717, 1.165) is 58.6 Å². The molecular formula is C26H35N5O3. The molecule has 2 aromatic heterocycles. The summed E-state index contributed by atoms with van der Waals surface area (Å²) < 4.78 is 10.8. The Kier molecular flexibility index (Phi) is 7.67. The molecule has 0 amide bonds. The number of anilines is 2. The van der Waals surface area contributed by atoms with Gasteiger partial charge in [0, 0.05) is 29.8 Å². The zero-order chi connectivity index (χ0) is 24.1. The zero-order valence-corrected chi connectivity index (χ0v) is 20.5. The first-order valence-electron chi connectivity index (χ1n) is 12.1. The summed E-state index contributed by atoms with van der Waals surface area (Å²) in [6.45, 7) is 4.75. The summed E-state index contributed by atoms with van der Waals surface area (Å²) in [5.41, 5.74) is 4.74. The molecule has 0 aliphatic heterocycles. The van der Waals surface area contributed by atoms with Gasteiger partial charge in [0.15, 0.2) is 5.82 Å². The highest BCUT2D eigenvalue weighted by Gasteiger charge is 2.27. The van der Waals surface area contributed by atoms with Crippen LogP contribution < -0.4 is 20.1 Å². The molecule has 1 atom stereocenters. The van der Waals surface area contributed by atoms with E-state index in [4.69, 9.17) is 24.4 Å². The molecule has 8 nitrogen and oxygen atoms in total. The average Bonchev–Trinajstić information content (AvgIpc) is 3.71. The van der Waals surface area contributed by atoms with E-state index < -0.39 is 0 Å². The van der Waals surface area contributed by atoms with Crippen LogP contribution in [0.1, 0.15) is 61.8 Å². The highest BCUT2D eigenvalue weighted by Crippen LogP contribution is 2.40. The average molecular weight is 466 g/mol. The molecule has 0 spiro atoms. The molecule has 4 rings (SSSR count). The van der Waals surface area contributed by atoms with Gasteiger partial charge in [0.05, 0.1) is 32.4 Å². The summed E-state index contributed by atoms with van der Waals surface area (Å²) in [7, 11) is 3.28. The molecule has 1 fully saturated rings. The lowest BCUT2D eigenvalue weighted by atomic mass is 10.1. The number of hydrogen-bond acceptors (Lipinski definition) is 8. The Labute approximate surface area is 201 Å². The Morgan fingerprint density at radius 1 is 1.09 bits per heavy atom. The van der Waals surface area contributed by atoms with Crippen molar-refractivity contribution in [1.29, 1.82) is 0 Å². The number of aliphatic hydroxyl groups excluding tert-OH is 1. The minimum Gasteiger partial charge on any atom is -0.497 e. The van der Waals surface area contributed by atoms with E-state index in [-0.39, 0.29) is 12.6 Å². The number of methoxy groups -OCH3 is 2. The highest BCUT2D eigenvalue weighted by atomic mass is 16.5. The van der Waals surface area contributed by atoms with Gasteiger partial charge in [-0.25, -0.2) is 9.97 Å². The van der Waals surface area contributed by atoms with Crippen LogP contribution in [0.2, 0.25) is 0 Å². The lowest BCUT2D eigenvalue weighted by Gasteiger charge is -2.19. The summed E-state index contributed by atoms with van der Waals surface area (Å²) in [5.74, 6) is 3.17. The molecule has 3 aromatic rings. The van der Waals surface area contributed by atoms with Crippen LogP contribution in [0.5, 0.6) is 11.5 Å². The van der Waals surface area contributed by atoms with Gasteiger partial charge in [0.1, 0.15) is 17.0 Å². The summed E-state index contributed by atoms with van der Waals surface area (Å²) in [6.07, 6.45) is 5.33. The SMILES string of the molecule is CCCC[C@H](CO)Nc1nc(NCc2ccc(OC)cc2OC)nc2c(C)cc(C3CC3)nc12. The number of nitrogens with one attached hydrogen (secondary N) is 2. The molecule has 1 aromatic carbocycles. The van der Waals surface area contributed by atoms with E-state index in [9.17, 15) is 5.11 Å². The van der Waals surface area contributed by atoms with Crippen molar-refractivity contribution in [2.24, 2.45) is 0 Å². The molecule has 3 N–H and O–H groups in total. The summed E-state index contributed by atoms with van der Waals surface area (Å²) in [4.78, 5) is 14.5. The van der Waals surface area contributed by atoms with Crippen molar-refractivity contribution < 1.29 is 14.6 Å². The molecule has 0 saturated heterocycles. The van der Waals surface area contributed by atoms with Crippen molar-refractivity contribution in [2.75, 3.05) is 31.5 Å². The standard InChI is InChI=1S/C26H35N5O3/c1-5-6-7-19(15-32)28-25-24-23(16(2)12-21(29-24)17-8-9-17)30-26(31-25)27-14-18-10-11-20(33-3)13-22(18)34-4/h10-13,17,19,32H,5-9,14-15H2,1-4H3,(H2,27,28,30,31)/t19-/m1/s1. The van der Waals surface area contributed by atoms with Gasteiger partial charge >= 0.3 is 0 Å². The van der Waals surface area contributed by atoms with Crippen LogP contribution >= 0.6 is 0 Å². The quantitative estimate of drug-likeness (QED) is 0.351. The van der Waals surface area contributed by atoms with Crippen molar-refractivity contribution in [2.45, 2.75) is 64.5 Å². The predicted molar refractivity (Wildman–Crippen MR) is 135 cm³/mol. The number of fused-ring (bicyclic) bond motifs is 1. The monoisotopic (exact) mass is 465 g/mol. The number of hydrogen-bond donors (Lipinski definition) is 3.